The van der Waals surface area contributed by atoms with Gasteiger partial charge in [0.2, 0.25) is 5.91 Å². The van der Waals surface area contributed by atoms with Crippen molar-refractivity contribution < 1.29 is 32.3 Å². The molecule has 1 aliphatic rings. The van der Waals surface area contributed by atoms with Crippen LogP contribution in [0.15, 0.2) is 12.3 Å². The fourth-order valence-electron chi connectivity index (χ4n) is 3.08. The molecule has 2 heterocycles. The molecule has 0 aromatic carbocycles. The van der Waals surface area contributed by atoms with Crippen LogP contribution < -0.4 is 11.1 Å². The van der Waals surface area contributed by atoms with E-state index in [1.165, 1.54) is 26.1 Å². The second kappa shape index (κ2) is 8.52. The van der Waals surface area contributed by atoms with Gasteiger partial charge in [-0.05, 0) is 26.3 Å². The van der Waals surface area contributed by atoms with Crippen LogP contribution in [0.2, 0.25) is 0 Å². The Morgan fingerprint density at radius 3 is 2.62 bits per heavy atom. The zero-order valence-electron chi connectivity index (χ0n) is 16.1. The van der Waals surface area contributed by atoms with Gasteiger partial charge in [0.25, 0.3) is 5.91 Å². The molecule has 0 aliphatic carbocycles. The van der Waals surface area contributed by atoms with Crippen LogP contribution in [0, 0.1) is 0 Å². The monoisotopic (exact) mass is 420 g/mol. The highest BCUT2D eigenvalue weighted by Gasteiger charge is 2.36. The predicted molar refractivity (Wildman–Crippen MR) is 96.9 cm³/mol. The predicted octanol–water partition coefficient (Wildman–Crippen LogP) is 1.80. The lowest BCUT2D eigenvalue weighted by molar-refractivity contribution is -0.160. The molecule has 2 rings (SSSR count). The van der Waals surface area contributed by atoms with Crippen LogP contribution in [-0.4, -0.2) is 63.9 Å². The first-order valence-corrected chi connectivity index (χ1v) is 9.03. The molecule has 4 N–H and O–H groups in total. The summed E-state index contributed by atoms with van der Waals surface area (Å²) in [4.78, 5) is 28.8. The van der Waals surface area contributed by atoms with Crippen LogP contribution in [-0.2, 0) is 11.2 Å². The van der Waals surface area contributed by atoms with E-state index in [0.717, 1.165) is 4.90 Å². The number of carbonyl (C=O) groups is 2. The van der Waals surface area contributed by atoms with Crippen molar-refractivity contribution in [3.63, 3.8) is 0 Å². The van der Waals surface area contributed by atoms with Crippen molar-refractivity contribution in [1.29, 1.82) is 0 Å². The zero-order valence-corrected chi connectivity index (χ0v) is 16.1. The number of aromatic nitrogens is 1. The minimum absolute atomic E-state index is 0.0280. The molecular weight excluding hydrogens is 396 g/mol. The molecule has 1 saturated heterocycles. The van der Waals surface area contributed by atoms with Gasteiger partial charge in [0.15, 0.2) is 0 Å². The Bertz CT molecular complexity index is 764. The first kappa shape index (κ1) is 22.9. The first-order valence-electron chi connectivity index (χ1n) is 9.03. The lowest BCUT2D eigenvalue weighted by Crippen LogP contribution is -2.35. The molecule has 11 heteroatoms. The number of hydrogen-bond acceptors (Lipinski definition) is 5. The van der Waals surface area contributed by atoms with Crippen molar-refractivity contribution in [2.45, 2.75) is 57.1 Å². The number of anilines is 1. The number of likely N-dealkylation sites (tertiary alicyclic amines) is 1. The van der Waals surface area contributed by atoms with E-state index < -0.39 is 42.2 Å². The molecule has 1 fully saturated rings. The van der Waals surface area contributed by atoms with E-state index in [0.29, 0.717) is 6.42 Å². The van der Waals surface area contributed by atoms with Gasteiger partial charge in [-0.1, -0.05) is 0 Å². The van der Waals surface area contributed by atoms with Gasteiger partial charge in [-0.25, -0.2) is 4.39 Å². The Kier molecular flexibility index (Phi) is 6.71. The summed E-state index contributed by atoms with van der Waals surface area (Å²) in [6.07, 6.45) is -6.45. The summed E-state index contributed by atoms with van der Waals surface area (Å²) >= 11 is 0. The quantitative estimate of drug-likeness (QED) is 0.583. The fraction of sp³-hybridized carbons (Fsp3) is 0.611. The van der Waals surface area contributed by atoms with Crippen LogP contribution in [0.25, 0.3) is 0 Å². The summed E-state index contributed by atoms with van der Waals surface area (Å²) in [5.74, 6) is -1.88. The normalized spacial score (nSPS) is 18.6. The largest absolute Gasteiger partial charge is 0.397 e. The number of pyridine rings is 1. The number of amides is 2. The van der Waals surface area contributed by atoms with E-state index in [9.17, 15) is 32.3 Å². The number of halogens is 4. The Hall–Kier alpha value is -2.43. The number of alkyl halides is 4. The summed E-state index contributed by atoms with van der Waals surface area (Å²) in [6, 6.07) is 1.04. The summed E-state index contributed by atoms with van der Waals surface area (Å²) < 4.78 is 51.5. The minimum atomic E-state index is -4.58. The second-order valence-corrected chi connectivity index (χ2v) is 7.63. The van der Waals surface area contributed by atoms with Gasteiger partial charge in [-0.3, -0.25) is 14.6 Å². The molecule has 2 atom stereocenters. The molecule has 7 nitrogen and oxygen atoms in total. The van der Waals surface area contributed by atoms with Crippen LogP contribution in [0.5, 0.6) is 0 Å². The van der Waals surface area contributed by atoms with Gasteiger partial charge in [0.1, 0.15) is 12.6 Å². The lowest BCUT2D eigenvalue weighted by atomic mass is 9.96. The molecule has 0 saturated carbocycles. The van der Waals surface area contributed by atoms with Crippen molar-refractivity contribution >= 4 is 17.5 Å². The molecule has 29 heavy (non-hydrogen) atoms. The number of carbonyl (C=O) groups excluding carboxylic acids is 2. The average Bonchev–Trinajstić information content (AvgIpc) is 3.01. The number of nitrogens with two attached hydrogens (primary N) is 1. The van der Waals surface area contributed by atoms with E-state index in [4.69, 9.17) is 5.73 Å². The molecule has 1 aliphatic heterocycles. The molecule has 0 bridgehead atoms. The molecule has 1 aromatic rings. The maximum absolute atomic E-state index is 14.3. The number of aliphatic hydroxyl groups is 1. The SMILES string of the molecule is CC(C)(O)[C@H](F)Cc1nccc(N[C@@H]2CCN(C(=O)CC(F)(F)F)C2)c1C(N)=O. The highest BCUT2D eigenvalue weighted by atomic mass is 19.4. The molecule has 0 radical (unpaired) electrons. The first-order chi connectivity index (χ1) is 13.3. The Morgan fingerprint density at radius 2 is 2.07 bits per heavy atom. The highest BCUT2D eigenvalue weighted by molar-refractivity contribution is 5.99. The lowest BCUT2D eigenvalue weighted by Gasteiger charge is -2.24. The Labute approximate surface area is 165 Å². The van der Waals surface area contributed by atoms with Gasteiger partial charge < -0.3 is 21.1 Å². The van der Waals surface area contributed by atoms with Crippen LogP contribution in [0.4, 0.5) is 23.2 Å². The van der Waals surface area contributed by atoms with Gasteiger partial charge in [-0.2, -0.15) is 13.2 Å². The number of nitrogens with one attached hydrogen (secondary N) is 1. The number of rotatable bonds is 7. The van der Waals surface area contributed by atoms with E-state index in [1.807, 2.05) is 0 Å². The summed E-state index contributed by atoms with van der Waals surface area (Å²) in [7, 11) is 0. The van der Waals surface area contributed by atoms with E-state index >= 15 is 0 Å². The number of nitrogens with zero attached hydrogens (tertiary/aromatic N) is 2. The van der Waals surface area contributed by atoms with Crippen molar-refractivity contribution in [1.82, 2.24) is 9.88 Å². The smallest absolute Gasteiger partial charge is 0.387 e. The van der Waals surface area contributed by atoms with Crippen LogP contribution in [0.1, 0.15) is 42.7 Å². The van der Waals surface area contributed by atoms with Gasteiger partial charge in [-0.15, -0.1) is 0 Å². The van der Waals surface area contributed by atoms with Crippen molar-refractivity contribution in [2.75, 3.05) is 18.4 Å². The second-order valence-electron chi connectivity index (χ2n) is 7.63. The molecular formula is C18H24F4N4O3. The van der Waals surface area contributed by atoms with Gasteiger partial charge in [0, 0.05) is 31.7 Å². The maximum atomic E-state index is 14.3. The standard InChI is InChI=1S/C18H24F4N4O3/c1-17(2,29)13(19)7-12-15(16(23)28)11(3-5-24-12)25-10-4-6-26(9-10)14(27)8-18(20,21)22/h3,5,10,13,29H,4,6-9H2,1-2H3,(H2,23,28)(H,24,25)/t10-,13-/m1/s1. The minimum Gasteiger partial charge on any atom is -0.387 e. The number of hydrogen-bond donors (Lipinski definition) is 3. The average molecular weight is 420 g/mol. The topological polar surface area (TPSA) is 109 Å². The van der Waals surface area contributed by atoms with E-state index in [2.05, 4.69) is 10.3 Å². The van der Waals surface area contributed by atoms with Crippen molar-refractivity contribution in [2.24, 2.45) is 5.73 Å². The molecule has 0 spiro atoms. The fourth-order valence-corrected chi connectivity index (χ4v) is 3.08. The molecule has 1 aromatic heterocycles. The zero-order chi connectivity index (χ0) is 22.0. The summed E-state index contributed by atoms with van der Waals surface area (Å²) in [5, 5.41) is 12.8. The van der Waals surface area contributed by atoms with Gasteiger partial charge >= 0.3 is 6.18 Å². The molecule has 0 unspecified atom stereocenters. The third-order valence-electron chi connectivity index (χ3n) is 4.67. The highest BCUT2D eigenvalue weighted by Crippen LogP contribution is 2.26. The molecule has 162 valence electrons. The van der Waals surface area contributed by atoms with Gasteiger partial charge in [0.05, 0.1) is 22.5 Å². The Morgan fingerprint density at radius 1 is 1.41 bits per heavy atom. The van der Waals surface area contributed by atoms with Crippen LogP contribution >= 0.6 is 0 Å². The Balaban J connectivity index is 2.14. The number of primary amides is 1. The van der Waals surface area contributed by atoms with Crippen LogP contribution in [0.3, 0.4) is 0 Å². The summed E-state index contributed by atoms with van der Waals surface area (Å²) in [5.41, 5.74) is 4.03. The third kappa shape index (κ3) is 6.28. The molecule has 2 amide bonds. The maximum Gasteiger partial charge on any atom is 0.397 e. The summed E-state index contributed by atoms with van der Waals surface area (Å²) in [6.45, 7) is 2.74. The van der Waals surface area contributed by atoms with E-state index in [-0.39, 0.29) is 36.5 Å². The van der Waals surface area contributed by atoms with Crippen molar-refractivity contribution in [3.05, 3.63) is 23.5 Å². The van der Waals surface area contributed by atoms with E-state index in [1.54, 1.807) is 0 Å². The third-order valence-corrected chi connectivity index (χ3v) is 4.67. The van der Waals surface area contributed by atoms with Crippen molar-refractivity contribution in [3.8, 4) is 0 Å².